The Morgan fingerprint density at radius 1 is 1.35 bits per heavy atom. The summed E-state index contributed by atoms with van der Waals surface area (Å²) < 4.78 is 0. The lowest BCUT2D eigenvalue weighted by Gasteiger charge is -2.17. The smallest absolute Gasteiger partial charge is 0.353 e. The number of nitrogens with zero attached hydrogens (tertiary/aromatic N) is 2. The molecule has 102 valence electrons. The molecule has 7 nitrogen and oxygen atoms in total. The van der Waals surface area contributed by atoms with Crippen LogP contribution in [0.2, 0.25) is 0 Å². The minimum Gasteiger partial charge on any atom is -0.477 e. The second-order valence-corrected chi connectivity index (χ2v) is 4.46. The first kappa shape index (κ1) is 12.2. The Balaban J connectivity index is 1.90. The number of carbonyl (C=O) groups excluding carboxylic acids is 1. The van der Waals surface area contributed by atoms with Gasteiger partial charge in [0.15, 0.2) is 0 Å². The average molecular weight is 272 g/mol. The van der Waals surface area contributed by atoms with Crippen LogP contribution in [0.5, 0.6) is 0 Å². The Kier molecular flexibility index (Phi) is 2.86. The van der Waals surface area contributed by atoms with Gasteiger partial charge in [0.05, 0.1) is 11.4 Å². The molecule has 1 saturated heterocycles. The number of aromatic nitrogens is 2. The molecule has 0 aliphatic carbocycles. The lowest BCUT2D eigenvalue weighted by Crippen LogP contribution is -2.32. The highest BCUT2D eigenvalue weighted by Crippen LogP contribution is 2.24. The van der Waals surface area contributed by atoms with Gasteiger partial charge in [-0.3, -0.25) is 20.3 Å². The van der Waals surface area contributed by atoms with Gasteiger partial charge in [-0.15, -0.1) is 0 Å². The quantitative estimate of drug-likeness (QED) is 0.774. The van der Waals surface area contributed by atoms with Gasteiger partial charge in [0.1, 0.15) is 5.69 Å². The van der Waals surface area contributed by atoms with Crippen molar-refractivity contribution in [3.05, 3.63) is 36.0 Å². The molecule has 0 unspecified atom stereocenters. The summed E-state index contributed by atoms with van der Waals surface area (Å²) >= 11 is 0. The highest BCUT2D eigenvalue weighted by atomic mass is 16.4. The molecule has 7 heteroatoms. The zero-order valence-electron chi connectivity index (χ0n) is 10.5. The maximum Gasteiger partial charge on any atom is 0.353 e. The normalized spacial score (nSPS) is 14.4. The summed E-state index contributed by atoms with van der Waals surface area (Å²) in [6.07, 6.45) is 0.468. The van der Waals surface area contributed by atoms with Crippen LogP contribution in [0, 0.1) is 0 Å². The number of carbonyl (C=O) groups is 2. The van der Waals surface area contributed by atoms with Crippen molar-refractivity contribution in [2.24, 2.45) is 0 Å². The maximum absolute atomic E-state index is 11.2. The van der Waals surface area contributed by atoms with Crippen molar-refractivity contribution in [1.29, 1.82) is 0 Å². The summed E-state index contributed by atoms with van der Waals surface area (Å²) in [6.45, 7) is 0.614. The van der Waals surface area contributed by atoms with E-state index < -0.39 is 5.97 Å². The van der Waals surface area contributed by atoms with E-state index in [0.29, 0.717) is 18.7 Å². The lowest BCUT2D eigenvalue weighted by atomic mass is 10.1. The summed E-state index contributed by atoms with van der Waals surface area (Å²) in [5.74, 6) is -1.06. The van der Waals surface area contributed by atoms with Crippen LogP contribution in [0.15, 0.2) is 30.3 Å². The molecule has 20 heavy (non-hydrogen) atoms. The average Bonchev–Trinajstić information content (AvgIpc) is 3.07. The number of hydrazine groups is 1. The Hall–Kier alpha value is -2.83. The number of aromatic carboxylic acids is 1. The fraction of sp³-hybridized carbons (Fsp3) is 0.154. The summed E-state index contributed by atoms with van der Waals surface area (Å²) in [4.78, 5) is 22.1. The molecule has 0 radical (unpaired) electrons. The van der Waals surface area contributed by atoms with E-state index >= 15 is 0 Å². The van der Waals surface area contributed by atoms with Crippen LogP contribution in [0.3, 0.4) is 0 Å². The monoisotopic (exact) mass is 272 g/mol. The molecule has 1 fully saturated rings. The van der Waals surface area contributed by atoms with Gasteiger partial charge in [-0.2, -0.15) is 5.10 Å². The van der Waals surface area contributed by atoms with Gasteiger partial charge in [-0.1, -0.05) is 12.1 Å². The molecule has 1 aliphatic rings. The largest absolute Gasteiger partial charge is 0.477 e. The van der Waals surface area contributed by atoms with E-state index in [4.69, 9.17) is 5.11 Å². The Labute approximate surface area is 114 Å². The van der Waals surface area contributed by atoms with Gasteiger partial charge in [-0.25, -0.2) is 4.79 Å². The predicted octanol–water partition coefficient (Wildman–Crippen LogP) is 1.02. The van der Waals surface area contributed by atoms with Crippen LogP contribution in [0.1, 0.15) is 16.9 Å². The molecule has 1 aromatic heterocycles. The Morgan fingerprint density at radius 3 is 2.85 bits per heavy atom. The van der Waals surface area contributed by atoms with E-state index in [1.807, 2.05) is 24.3 Å². The molecule has 1 aromatic carbocycles. The fourth-order valence-corrected chi connectivity index (χ4v) is 2.08. The highest BCUT2D eigenvalue weighted by molar-refractivity contribution is 5.87. The summed E-state index contributed by atoms with van der Waals surface area (Å²) in [7, 11) is 0. The summed E-state index contributed by atoms with van der Waals surface area (Å²) in [5, 5.41) is 17.1. The summed E-state index contributed by atoms with van der Waals surface area (Å²) in [5.41, 5.74) is 4.96. The second-order valence-electron chi connectivity index (χ2n) is 4.46. The van der Waals surface area contributed by atoms with E-state index in [0.717, 1.165) is 11.3 Å². The molecular formula is C13H12N4O3. The minimum absolute atomic E-state index is 0.0108. The molecule has 2 aromatic rings. The van der Waals surface area contributed by atoms with Crippen LogP contribution < -0.4 is 10.4 Å². The van der Waals surface area contributed by atoms with Crippen molar-refractivity contribution in [2.75, 3.05) is 11.6 Å². The second kappa shape index (κ2) is 4.69. The van der Waals surface area contributed by atoms with Crippen molar-refractivity contribution >= 4 is 17.6 Å². The van der Waals surface area contributed by atoms with Crippen LogP contribution in [0.4, 0.5) is 5.69 Å². The number of hydrogen-bond acceptors (Lipinski definition) is 4. The molecule has 1 aliphatic heterocycles. The van der Waals surface area contributed by atoms with Crippen molar-refractivity contribution in [3.63, 3.8) is 0 Å². The van der Waals surface area contributed by atoms with E-state index in [2.05, 4.69) is 15.6 Å². The third-order valence-electron chi connectivity index (χ3n) is 3.08. The highest BCUT2D eigenvalue weighted by Gasteiger charge is 2.19. The number of carboxylic acid groups (broad SMARTS) is 1. The van der Waals surface area contributed by atoms with E-state index in [-0.39, 0.29) is 11.6 Å². The maximum atomic E-state index is 11.2. The molecule has 3 N–H and O–H groups in total. The molecule has 0 atom stereocenters. The van der Waals surface area contributed by atoms with E-state index in [1.54, 1.807) is 5.01 Å². The Morgan fingerprint density at radius 2 is 2.20 bits per heavy atom. The fourth-order valence-electron chi connectivity index (χ4n) is 2.08. The number of aromatic amines is 1. The molecular weight excluding hydrogens is 260 g/mol. The van der Waals surface area contributed by atoms with Gasteiger partial charge in [0.25, 0.3) is 0 Å². The zero-order valence-corrected chi connectivity index (χ0v) is 10.5. The van der Waals surface area contributed by atoms with Gasteiger partial charge in [0, 0.05) is 18.5 Å². The van der Waals surface area contributed by atoms with Crippen LogP contribution in [0.25, 0.3) is 11.3 Å². The van der Waals surface area contributed by atoms with E-state index in [1.165, 1.54) is 6.07 Å². The number of carboxylic acids is 1. The van der Waals surface area contributed by atoms with Crippen LogP contribution >= 0.6 is 0 Å². The van der Waals surface area contributed by atoms with Crippen LogP contribution in [-0.4, -0.2) is 33.7 Å². The topological polar surface area (TPSA) is 98.3 Å². The molecule has 0 bridgehead atoms. The Bertz CT molecular complexity index is 680. The van der Waals surface area contributed by atoms with Gasteiger partial charge < -0.3 is 5.11 Å². The molecule has 3 rings (SSSR count). The number of anilines is 1. The van der Waals surface area contributed by atoms with E-state index in [9.17, 15) is 9.59 Å². The summed E-state index contributed by atoms with van der Waals surface area (Å²) in [6, 6.07) is 8.88. The zero-order chi connectivity index (χ0) is 14.1. The number of H-pyrrole nitrogens is 1. The molecule has 2 heterocycles. The first-order valence-electron chi connectivity index (χ1n) is 6.09. The third-order valence-corrected chi connectivity index (χ3v) is 3.08. The first-order chi connectivity index (χ1) is 9.63. The number of nitrogens with one attached hydrogen (secondary N) is 2. The standard InChI is InChI=1S/C13H12N4O3/c18-12-4-5-17(16-12)9-3-1-2-8(6-9)10-7-11(13(19)20)15-14-10/h1-3,6-7H,4-5H2,(H,14,15)(H,16,18)(H,19,20). The number of hydrogen-bond donors (Lipinski definition) is 3. The minimum atomic E-state index is -1.05. The van der Waals surface area contributed by atoms with Crippen molar-refractivity contribution < 1.29 is 14.7 Å². The molecule has 0 spiro atoms. The molecule has 0 saturated carbocycles. The van der Waals surface area contributed by atoms with Gasteiger partial charge in [0.2, 0.25) is 5.91 Å². The van der Waals surface area contributed by atoms with Gasteiger partial charge >= 0.3 is 5.97 Å². The first-order valence-corrected chi connectivity index (χ1v) is 6.09. The predicted molar refractivity (Wildman–Crippen MR) is 71.1 cm³/mol. The van der Waals surface area contributed by atoms with Gasteiger partial charge in [-0.05, 0) is 18.2 Å². The van der Waals surface area contributed by atoms with Crippen molar-refractivity contribution in [2.45, 2.75) is 6.42 Å². The number of rotatable bonds is 3. The third kappa shape index (κ3) is 2.20. The lowest BCUT2D eigenvalue weighted by molar-refractivity contribution is -0.119. The van der Waals surface area contributed by atoms with Crippen LogP contribution in [-0.2, 0) is 4.79 Å². The SMILES string of the molecule is O=C1CCN(c2cccc(-c3cc(C(=O)O)[nH]n3)c2)N1. The number of amides is 1. The molecule has 1 amide bonds. The number of benzene rings is 1. The van der Waals surface area contributed by atoms with Crippen molar-refractivity contribution in [1.82, 2.24) is 15.6 Å². The van der Waals surface area contributed by atoms with Crippen molar-refractivity contribution in [3.8, 4) is 11.3 Å².